The van der Waals surface area contributed by atoms with Gasteiger partial charge in [0.05, 0.1) is 34.3 Å². The normalized spacial score (nSPS) is 13.0. The molecular weight excluding hydrogens is 315 g/mol. The highest BCUT2D eigenvalue weighted by Crippen LogP contribution is 2.24. The molecule has 0 fully saturated rings. The highest BCUT2D eigenvalue weighted by molar-refractivity contribution is 14.1. The van der Waals surface area contributed by atoms with Crippen molar-refractivity contribution in [3.63, 3.8) is 0 Å². The minimum Gasteiger partial charge on any atom is -0.304 e. The smallest absolute Gasteiger partial charge is 0.304 e. The van der Waals surface area contributed by atoms with E-state index in [4.69, 9.17) is 0 Å². The summed E-state index contributed by atoms with van der Waals surface area (Å²) in [5, 5.41) is 0. The van der Waals surface area contributed by atoms with Crippen LogP contribution < -0.4 is 5.69 Å². The number of aromatic nitrogens is 2. The van der Waals surface area contributed by atoms with Crippen LogP contribution in [0.3, 0.4) is 0 Å². The lowest BCUT2D eigenvalue weighted by molar-refractivity contribution is 1.15. The van der Waals surface area contributed by atoms with E-state index >= 15 is 0 Å². The van der Waals surface area contributed by atoms with Crippen LogP contribution in [0.2, 0.25) is 0 Å². The molecule has 86 valence electrons. The summed E-state index contributed by atoms with van der Waals surface area (Å²) in [5.74, 6) is 0. The Labute approximate surface area is 109 Å². The monoisotopic (exact) mass is 330 g/mol. The van der Waals surface area contributed by atoms with E-state index in [2.05, 4.69) is 11.6 Å². The molecule has 4 heteroatoms. The molecule has 0 unspecified atom stereocenters. The molecule has 16 heavy (non-hydrogen) atoms. The van der Waals surface area contributed by atoms with E-state index in [1.54, 1.807) is 6.08 Å². The molecule has 0 bridgehead atoms. The van der Waals surface area contributed by atoms with Crippen LogP contribution in [0.4, 0.5) is 0 Å². The fourth-order valence-electron chi connectivity index (χ4n) is 1.54. The third kappa shape index (κ3) is 2.21. The van der Waals surface area contributed by atoms with E-state index in [1.165, 1.54) is 2.78 Å². The Morgan fingerprint density at radius 3 is 2.50 bits per heavy atom. The summed E-state index contributed by atoms with van der Waals surface area (Å²) in [6, 6.07) is 0. The van der Waals surface area contributed by atoms with Crippen molar-refractivity contribution in [3.05, 3.63) is 46.2 Å². The zero-order chi connectivity index (χ0) is 12.3. The standard InChI is InChI=1S/C12H15IN2O/c1-5-8(4)9(6-2)11-10(7-3)15(13)12(16)14-11/h5-7H,3H2,1-2,4H3,(H,14,16)/b8-5+,9-6-. The van der Waals surface area contributed by atoms with Crippen molar-refractivity contribution in [2.75, 3.05) is 0 Å². The molecule has 0 saturated heterocycles. The molecule has 1 aromatic rings. The Morgan fingerprint density at radius 1 is 1.44 bits per heavy atom. The first-order valence-electron chi connectivity index (χ1n) is 5.00. The molecular formula is C12H15IN2O. The summed E-state index contributed by atoms with van der Waals surface area (Å²) in [4.78, 5) is 14.4. The van der Waals surface area contributed by atoms with Gasteiger partial charge in [-0.15, -0.1) is 0 Å². The van der Waals surface area contributed by atoms with Crippen LogP contribution in [0.25, 0.3) is 11.6 Å². The summed E-state index contributed by atoms with van der Waals surface area (Å²) in [5.41, 5.74) is 3.66. The van der Waals surface area contributed by atoms with E-state index in [-0.39, 0.29) is 5.69 Å². The van der Waals surface area contributed by atoms with Crippen LogP contribution >= 0.6 is 22.9 Å². The Bertz CT molecular complexity index is 518. The molecule has 1 aromatic heterocycles. The van der Waals surface area contributed by atoms with Gasteiger partial charge in [0, 0.05) is 0 Å². The van der Waals surface area contributed by atoms with Crippen molar-refractivity contribution in [2.24, 2.45) is 0 Å². The minimum atomic E-state index is -0.131. The van der Waals surface area contributed by atoms with E-state index in [0.29, 0.717) is 0 Å². The first-order chi connectivity index (χ1) is 7.56. The Balaban J connectivity index is 3.49. The molecule has 0 spiro atoms. The second-order valence-corrected chi connectivity index (χ2v) is 4.31. The predicted molar refractivity (Wildman–Crippen MR) is 77.6 cm³/mol. The Kier molecular flexibility index (Phi) is 4.35. The van der Waals surface area contributed by atoms with Gasteiger partial charge in [-0.25, -0.2) is 7.58 Å². The maximum atomic E-state index is 11.6. The van der Waals surface area contributed by atoms with E-state index in [9.17, 15) is 4.79 Å². The topological polar surface area (TPSA) is 37.8 Å². The lowest BCUT2D eigenvalue weighted by atomic mass is 10.0. The number of rotatable bonds is 3. The zero-order valence-corrected chi connectivity index (χ0v) is 11.8. The third-order valence-corrected chi connectivity index (χ3v) is 3.45. The van der Waals surface area contributed by atoms with Crippen LogP contribution in [0.5, 0.6) is 0 Å². The van der Waals surface area contributed by atoms with Gasteiger partial charge in [-0.1, -0.05) is 18.7 Å². The Hall–Kier alpha value is -1.04. The van der Waals surface area contributed by atoms with Crippen molar-refractivity contribution >= 4 is 34.5 Å². The number of hydrogen-bond donors (Lipinski definition) is 1. The number of nitrogens with one attached hydrogen (secondary N) is 1. The molecule has 1 heterocycles. The van der Waals surface area contributed by atoms with Crippen LogP contribution in [-0.2, 0) is 0 Å². The van der Waals surface area contributed by atoms with Gasteiger partial charge >= 0.3 is 5.69 Å². The average Bonchev–Trinajstić information content (AvgIpc) is 2.56. The number of aromatic amines is 1. The lowest BCUT2D eigenvalue weighted by Crippen LogP contribution is -2.08. The van der Waals surface area contributed by atoms with Crippen molar-refractivity contribution in [2.45, 2.75) is 20.8 Å². The predicted octanol–water partition coefficient (Wildman–Crippen LogP) is 3.39. The molecule has 1 N–H and O–H groups in total. The third-order valence-electron chi connectivity index (χ3n) is 2.49. The largest absolute Gasteiger partial charge is 0.335 e. The van der Waals surface area contributed by atoms with E-state index < -0.39 is 0 Å². The SMILES string of the molecule is C=Cc1c(C(=C\C)/C(C)=C/C)[nH]c(=O)n1I. The molecule has 1 rings (SSSR count). The number of nitrogens with zero attached hydrogens (tertiary/aromatic N) is 1. The van der Waals surface area contributed by atoms with Gasteiger partial charge in [0.25, 0.3) is 0 Å². The van der Waals surface area contributed by atoms with Crippen LogP contribution in [-0.4, -0.2) is 7.76 Å². The number of halogens is 1. The summed E-state index contributed by atoms with van der Waals surface area (Å²) < 4.78 is 1.53. The van der Waals surface area contributed by atoms with Gasteiger partial charge in [0.15, 0.2) is 0 Å². The summed E-state index contributed by atoms with van der Waals surface area (Å²) >= 11 is 1.97. The second kappa shape index (κ2) is 5.34. The molecule has 0 amide bonds. The van der Waals surface area contributed by atoms with Crippen molar-refractivity contribution in [1.82, 2.24) is 7.76 Å². The van der Waals surface area contributed by atoms with Gasteiger partial charge in [-0.05, 0) is 38.0 Å². The molecule has 0 saturated carbocycles. The average molecular weight is 330 g/mol. The number of imidazole rings is 1. The molecule has 0 aromatic carbocycles. The summed E-state index contributed by atoms with van der Waals surface area (Å²) in [7, 11) is 0. The fourth-order valence-corrected chi connectivity index (χ4v) is 2.10. The van der Waals surface area contributed by atoms with Crippen LogP contribution in [0.15, 0.2) is 29.1 Å². The Morgan fingerprint density at radius 2 is 2.06 bits per heavy atom. The summed E-state index contributed by atoms with van der Waals surface area (Å²) in [6.45, 7) is 9.69. The van der Waals surface area contributed by atoms with Gasteiger partial charge in [0.2, 0.25) is 0 Å². The number of H-pyrrole nitrogens is 1. The molecule has 0 radical (unpaired) electrons. The first kappa shape index (κ1) is 13.0. The van der Waals surface area contributed by atoms with Gasteiger partial charge < -0.3 is 4.98 Å². The van der Waals surface area contributed by atoms with Crippen molar-refractivity contribution in [1.29, 1.82) is 0 Å². The van der Waals surface area contributed by atoms with E-state index in [1.807, 2.05) is 55.8 Å². The molecule has 0 aliphatic carbocycles. The number of hydrogen-bond acceptors (Lipinski definition) is 1. The van der Waals surface area contributed by atoms with Crippen LogP contribution in [0, 0.1) is 0 Å². The number of allylic oxidation sites excluding steroid dienone is 4. The highest BCUT2D eigenvalue weighted by atomic mass is 127. The highest BCUT2D eigenvalue weighted by Gasteiger charge is 2.13. The molecule has 0 aliphatic heterocycles. The van der Waals surface area contributed by atoms with E-state index in [0.717, 1.165) is 22.5 Å². The van der Waals surface area contributed by atoms with Crippen molar-refractivity contribution in [3.8, 4) is 0 Å². The lowest BCUT2D eigenvalue weighted by Gasteiger charge is -2.06. The minimum absolute atomic E-state index is 0.131. The second-order valence-electron chi connectivity index (χ2n) is 3.35. The maximum absolute atomic E-state index is 11.6. The van der Waals surface area contributed by atoms with Gasteiger partial charge in [-0.3, -0.25) is 0 Å². The zero-order valence-electron chi connectivity index (χ0n) is 9.67. The molecule has 3 nitrogen and oxygen atoms in total. The molecule has 0 atom stereocenters. The van der Waals surface area contributed by atoms with Gasteiger partial charge in [-0.2, -0.15) is 0 Å². The quantitative estimate of drug-likeness (QED) is 0.670. The maximum Gasteiger partial charge on any atom is 0.335 e. The molecule has 0 aliphatic rings. The fraction of sp³-hybridized carbons (Fsp3) is 0.250. The van der Waals surface area contributed by atoms with Crippen molar-refractivity contribution < 1.29 is 0 Å². The first-order valence-corrected chi connectivity index (χ1v) is 5.96. The van der Waals surface area contributed by atoms with Gasteiger partial charge in [0.1, 0.15) is 0 Å². The summed E-state index contributed by atoms with van der Waals surface area (Å²) in [6.07, 6.45) is 5.70. The van der Waals surface area contributed by atoms with Crippen LogP contribution in [0.1, 0.15) is 32.2 Å².